The van der Waals surface area contributed by atoms with Gasteiger partial charge in [0, 0.05) is 33.1 Å². The lowest BCUT2D eigenvalue weighted by atomic mass is 10.3. The zero-order chi connectivity index (χ0) is 10.1. The molecule has 0 radical (unpaired) electrons. The summed E-state index contributed by atoms with van der Waals surface area (Å²) >= 11 is 11.0. The van der Waals surface area contributed by atoms with E-state index in [1.54, 1.807) is 4.90 Å². The van der Waals surface area contributed by atoms with Gasteiger partial charge in [-0.2, -0.15) is 0 Å². The molecule has 0 aromatic rings. The molecule has 1 fully saturated rings. The van der Waals surface area contributed by atoms with Crippen molar-refractivity contribution in [1.82, 2.24) is 9.57 Å². The first-order valence-electron chi connectivity index (χ1n) is 3.91. The Morgan fingerprint density at radius 2 is 1.69 bits per heavy atom. The van der Waals surface area contributed by atoms with Crippen molar-refractivity contribution < 1.29 is 9.36 Å². The lowest BCUT2D eigenvalue weighted by molar-refractivity contribution is -0.129. The molecule has 1 saturated heterocycles. The molecule has 76 valence electrons. The highest BCUT2D eigenvalue weighted by Gasteiger charge is 2.29. The molecule has 1 rings (SSSR count). The Morgan fingerprint density at radius 3 is 2.00 bits per heavy atom. The first kappa shape index (κ1) is 11.3. The summed E-state index contributed by atoms with van der Waals surface area (Å²) in [4.78, 5) is 12.6. The molecule has 0 unspecified atom stereocenters. The molecule has 1 aliphatic heterocycles. The Balaban J connectivity index is 2.48. The lowest BCUT2D eigenvalue weighted by Crippen LogP contribution is -2.45. The summed E-state index contributed by atoms with van der Waals surface area (Å²) in [5.74, 6) is -3.13. The van der Waals surface area contributed by atoms with E-state index < -0.39 is 6.00 Å². The molecule has 1 amide bonds. The van der Waals surface area contributed by atoms with Gasteiger partial charge < -0.3 is 4.90 Å². The zero-order valence-corrected chi connectivity index (χ0v) is 9.65. The van der Waals surface area contributed by atoms with Crippen molar-refractivity contribution in [2.24, 2.45) is 0 Å². The van der Waals surface area contributed by atoms with Crippen LogP contribution in [0, 0.1) is 0 Å². The fraction of sp³-hybridized carbons (Fsp3) is 0.833. The van der Waals surface area contributed by atoms with Gasteiger partial charge in [0.25, 0.3) is 0 Å². The molecule has 13 heavy (non-hydrogen) atoms. The number of amides is 1. The first-order chi connectivity index (χ1) is 5.91. The molecule has 1 aliphatic rings. The Kier molecular flexibility index (Phi) is 3.64. The normalized spacial score (nSPS) is 20.4. The molecule has 0 aromatic heterocycles. The van der Waals surface area contributed by atoms with Gasteiger partial charge in [-0.25, -0.2) is 4.67 Å². The third-order valence-corrected chi connectivity index (χ3v) is 4.37. The summed E-state index contributed by atoms with van der Waals surface area (Å²) in [6, 6.07) is 0. The second-order valence-electron chi connectivity index (χ2n) is 2.89. The SMILES string of the molecule is CC(=O)N1CCN(P(=O)(Cl)Cl)CC1. The lowest BCUT2D eigenvalue weighted by Gasteiger charge is -2.33. The van der Waals surface area contributed by atoms with E-state index in [0.717, 1.165) is 0 Å². The number of nitrogens with zero attached hydrogens (tertiary/aromatic N) is 2. The second-order valence-corrected chi connectivity index (χ2v) is 7.60. The molecule has 1 heterocycles. The van der Waals surface area contributed by atoms with Crippen LogP contribution in [0.25, 0.3) is 0 Å². The van der Waals surface area contributed by atoms with Gasteiger partial charge in [-0.05, 0) is 22.5 Å². The van der Waals surface area contributed by atoms with Crippen molar-refractivity contribution in [3.63, 3.8) is 0 Å². The summed E-state index contributed by atoms with van der Waals surface area (Å²) in [5, 5.41) is 0. The summed E-state index contributed by atoms with van der Waals surface area (Å²) in [6.07, 6.45) is 0. The summed E-state index contributed by atoms with van der Waals surface area (Å²) in [5.41, 5.74) is 0. The van der Waals surface area contributed by atoms with E-state index in [-0.39, 0.29) is 5.91 Å². The smallest absolute Gasteiger partial charge is 0.322 e. The number of halogens is 2. The number of hydrogen-bond donors (Lipinski definition) is 0. The third-order valence-electron chi connectivity index (χ3n) is 2.03. The van der Waals surface area contributed by atoms with Crippen LogP contribution in [0.1, 0.15) is 6.92 Å². The average Bonchev–Trinajstić information content (AvgIpc) is 2.03. The molecule has 0 saturated carbocycles. The quantitative estimate of drug-likeness (QED) is 0.660. The summed E-state index contributed by atoms with van der Waals surface area (Å²) in [7, 11) is 0. The number of carbonyl (C=O) groups is 1. The molecule has 4 nitrogen and oxygen atoms in total. The van der Waals surface area contributed by atoms with Crippen LogP contribution in [0.5, 0.6) is 0 Å². The van der Waals surface area contributed by atoms with Crippen LogP contribution < -0.4 is 0 Å². The highest BCUT2D eigenvalue weighted by Crippen LogP contribution is 2.59. The molecule has 7 heteroatoms. The molecule has 0 atom stereocenters. The largest absolute Gasteiger partial charge is 0.340 e. The van der Waals surface area contributed by atoms with E-state index in [1.165, 1.54) is 11.6 Å². The van der Waals surface area contributed by atoms with Crippen molar-refractivity contribution in [2.45, 2.75) is 6.92 Å². The fourth-order valence-corrected chi connectivity index (χ4v) is 2.80. The Morgan fingerprint density at radius 1 is 1.23 bits per heavy atom. The first-order valence-corrected chi connectivity index (χ1v) is 7.38. The standard InChI is InChI=1S/C6H11Cl2N2O2P/c1-6(11)9-2-4-10(5-3-9)13(7,8)12/h2-5H2,1H3. The number of hydrogen-bond acceptors (Lipinski definition) is 2. The van der Waals surface area contributed by atoms with E-state index in [0.29, 0.717) is 26.2 Å². The molecular weight excluding hydrogens is 234 g/mol. The molecule has 0 aliphatic carbocycles. The Labute approximate surface area is 86.8 Å². The Bertz CT molecular complexity index is 247. The van der Waals surface area contributed by atoms with Gasteiger partial charge in [-0.3, -0.25) is 9.36 Å². The van der Waals surface area contributed by atoms with E-state index in [2.05, 4.69) is 0 Å². The minimum absolute atomic E-state index is 0.0265. The summed E-state index contributed by atoms with van der Waals surface area (Å²) < 4.78 is 12.7. The van der Waals surface area contributed by atoms with Crippen molar-refractivity contribution in [3.8, 4) is 0 Å². The van der Waals surface area contributed by atoms with Crippen LogP contribution in [0.15, 0.2) is 0 Å². The highest BCUT2D eigenvalue weighted by molar-refractivity contribution is 8.06. The van der Waals surface area contributed by atoms with E-state index in [1.807, 2.05) is 0 Å². The second kappa shape index (κ2) is 4.18. The van der Waals surface area contributed by atoms with Gasteiger partial charge in [0.2, 0.25) is 5.91 Å². The van der Waals surface area contributed by atoms with Crippen molar-refractivity contribution in [2.75, 3.05) is 26.2 Å². The minimum atomic E-state index is -3.16. The van der Waals surface area contributed by atoms with Gasteiger partial charge in [0.15, 0.2) is 0 Å². The van der Waals surface area contributed by atoms with Crippen LogP contribution >= 0.6 is 28.5 Å². The topological polar surface area (TPSA) is 40.6 Å². The molecular formula is C6H11Cl2N2O2P. The molecule has 0 aromatic carbocycles. The van der Waals surface area contributed by atoms with Gasteiger partial charge in [-0.15, -0.1) is 0 Å². The van der Waals surface area contributed by atoms with Gasteiger partial charge in [0.05, 0.1) is 0 Å². The average molecular weight is 245 g/mol. The number of piperazine rings is 1. The molecule has 0 bridgehead atoms. The van der Waals surface area contributed by atoms with Crippen LogP contribution in [0.4, 0.5) is 0 Å². The van der Waals surface area contributed by atoms with Crippen molar-refractivity contribution in [3.05, 3.63) is 0 Å². The van der Waals surface area contributed by atoms with Gasteiger partial charge in [-0.1, -0.05) is 0 Å². The van der Waals surface area contributed by atoms with Gasteiger partial charge >= 0.3 is 6.00 Å². The third kappa shape index (κ3) is 3.13. The van der Waals surface area contributed by atoms with Crippen LogP contribution in [-0.4, -0.2) is 41.7 Å². The monoisotopic (exact) mass is 244 g/mol. The number of carbonyl (C=O) groups excluding carboxylic acids is 1. The summed E-state index contributed by atoms with van der Waals surface area (Å²) in [6.45, 7) is 3.54. The van der Waals surface area contributed by atoms with Crippen LogP contribution in [-0.2, 0) is 9.36 Å². The van der Waals surface area contributed by atoms with Gasteiger partial charge in [0.1, 0.15) is 0 Å². The predicted molar refractivity (Wildman–Crippen MR) is 53.1 cm³/mol. The minimum Gasteiger partial charge on any atom is -0.340 e. The van der Waals surface area contributed by atoms with E-state index in [9.17, 15) is 9.36 Å². The van der Waals surface area contributed by atoms with E-state index >= 15 is 0 Å². The zero-order valence-electron chi connectivity index (χ0n) is 7.24. The fourth-order valence-electron chi connectivity index (χ4n) is 1.24. The van der Waals surface area contributed by atoms with E-state index in [4.69, 9.17) is 22.5 Å². The van der Waals surface area contributed by atoms with Crippen LogP contribution in [0.2, 0.25) is 0 Å². The van der Waals surface area contributed by atoms with Crippen molar-refractivity contribution in [1.29, 1.82) is 0 Å². The van der Waals surface area contributed by atoms with Crippen molar-refractivity contribution >= 4 is 34.4 Å². The maximum Gasteiger partial charge on any atom is 0.322 e. The maximum absolute atomic E-state index is 11.2. The molecule has 0 N–H and O–H groups in total. The predicted octanol–water partition coefficient (Wildman–Crippen LogP) is 1.74. The maximum atomic E-state index is 11.2. The Hall–Kier alpha value is 0.240. The van der Waals surface area contributed by atoms with Crippen LogP contribution in [0.3, 0.4) is 0 Å². The number of rotatable bonds is 1. The molecule has 0 spiro atoms. The highest BCUT2D eigenvalue weighted by atomic mass is 35.9.